The second-order valence-corrected chi connectivity index (χ2v) is 9.22. The lowest BCUT2D eigenvalue weighted by molar-refractivity contribution is -0.139. The molecule has 7 nitrogen and oxygen atoms in total. The van der Waals surface area contributed by atoms with E-state index in [1.807, 2.05) is 4.90 Å². The number of hydrogen-bond acceptors (Lipinski definition) is 4. The Labute approximate surface area is 189 Å². The molecule has 0 bridgehead atoms. The maximum absolute atomic E-state index is 12.6. The third-order valence-corrected chi connectivity index (χ3v) is 7.13. The van der Waals surface area contributed by atoms with Crippen molar-refractivity contribution in [3.05, 3.63) is 35.4 Å². The molecule has 3 aliphatic rings. The van der Waals surface area contributed by atoms with E-state index in [2.05, 4.69) is 0 Å². The molecule has 1 aromatic rings. The molecule has 0 spiro atoms. The third-order valence-electron chi connectivity index (χ3n) is 7.13. The summed E-state index contributed by atoms with van der Waals surface area (Å²) in [6, 6.07) is 6.82. The van der Waals surface area contributed by atoms with Gasteiger partial charge in [-0.25, -0.2) is 0 Å². The molecule has 4 rings (SSSR count). The van der Waals surface area contributed by atoms with E-state index in [1.165, 1.54) is 37.0 Å². The maximum Gasteiger partial charge on any atom is 0.261 e. The molecule has 4 amide bonds. The summed E-state index contributed by atoms with van der Waals surface area (Å²) >= 11 is 0. The zero-order valence-electron chi connectivity index (χ0n) is 18.8. The lowest BCUT2D eigenvalue weighted by atomic mass is 9.86. The van der Waals surface area contributed by atoms with Crippen molar-refractivity contribution in [2.75, 3.05) is 32.7 Å². The number of carbonyl (C=O) groups excluding carboxylic acids is 4. The fourth-order valence-electron chi connectivity index (χ4n) is 5.16. The predicted molar refractivity (Wildman–Crippen MR) is 120 cm³/mol. The molecule has 1 saturated heterocycles. The number of imide groups is 1. The highest BCUT2D eigenvalue weighted by molar-refractivity contribution is 6.21. The Balaban J connectivity index is 1.16. The van der Waals surface area contributed by atoms with Gasteiger partial charge >= 0.3 is 0 Å². The van der Waals surface area contributed by atoms with E-state index in [0.29, 0.717) is 62.5 Å². The standard InChI is InChI=1S/C25H33N3O4/c29-22(11-6-14-28-24(31)20-9-4-5-10-21(20)25(28)32)26-15-17-27(18-16-26)23(30)13-12-19-7-2-1-3-8-19/h4-5,9-10,19H,1-3,6-8,11-18H2. The van der Waals surface area contributed by atoms with Gasteiger partial charge in [-0.15, -0.1) is 0 Å². The van der Waals surface area contributed by atoms with Crippen molar-refractivity contribution in [1.29, 1.82) is 0 Å². The van der Waals surface area contributed by atoms with Crippen molar-refractivity contribution < 1.29 is 19.2 Å². The second kappa shape index (κ2) is 10.3. The Morgan fingerprint density at radius 1 is 0.781 bits per heavy atom. The van der Waals surface area contributed by atoms with Crippen molar-refractivity contribution >= 4 is 23.6 Å². The largest absolute Gasteiger partial charge is 0.339 e. The Bertz CT molecular complexity index is 835. The number of carbonyl (C=O) groups is 4. The molecule has 172 valence electrons. The van der Waals surface area contributed by atoms with E-state index in [1.54, 1.807) is 29.2 Å². The highest BCUT2D eigenvalue weighted by Crippen LogP contribution is 2.27. The molecular formula is C25H33N3O4. The van der Waals surface area contributed by atoms with Crippen molar-refractivity contribution in [2.45, 2.75) is 57.8 Å². The zero-order chi connectivity index (χ0) is 22.5. The summed E-state index contributed by atoms with van der Waals surface area (Å²) < 4.78 is 0. The van der Waals surface area contributed by atoms with E-state index >= 15 is 0 Å². The summed E-state index contributed by atoms with van der Waals surface area (Å²) in [4.78, 5) is 54.9. The Morgan fingerprint density at radius 2 is 1.31 bits per heavy atom. The molecule has 2 heterocycles. The molecule has 7 heteroatoms. The highest BCUT2D eigenvalue weighted by Gasteiger charge is 2.34. The molecule has 0 radical (unpaired) electrons. The van der Waals surface area contributed by atoms with E-state index in [4.69, 9.17) is 0 Å². The zero-order valence-corrected chi connectivity index (χ0v) is 18.8. The van der Waals surface area contributed by atoms with Crippen LogP contribution in [0.3, 0.4) is 0 Å². The van der Waals surface area contributed by atoms with Crippen LogP contribution in [0.15, 0.2) is 24.3 Å². The Hall–Kier alpha value is -2.70. The van der Waals surface area contributed by atoms with E-state index < -0.39 is 0 Å². The van der Waals surface area contributed by atoms with Crippen LogP contribution in [0.2, 0.25) is 0 Å². The van der Waals surface area contributed by atoms with Crippen LogP contribution in [0.4, 0.5) is 0 Å². The summed E-state index contributed by atoms with van der Waals surface area (Å²) in [6.45, 7) is 2.54. The first kappa shape index (κ1) is 22.5. The van der Waals surface area contributed by atoms with Crippen LogP contribution in [0.1, 0.15) is 78.5 Å². The first-order chi connectivity index (χ1) is 15.5. The number of fused-ring (bicyclic) bond motifs is 1. The summed E-state index contributed by atoms with van der Waals surface area (Å²) in [5, 5.41) is 0. The van der Waals surface area contributed by atoms with Gasteiger partial charge in [0.25, 0.3) is 11.8 Å². The number of nitrogens with zero attached hydrogens (tertiary/aromatic N) is 3. The van der Waals surface area contributed by atoms with Gasteiger partial charge in [0.1, 0.15) is 0 Å². The lowest BCUT2D eigenvalue weighted by Crippen LogP contribution is -2.50. The van der Waals surface area contributed by atoms with Crippen LogP contribution in [-0.4, -0.2) is 71.1 Å². The summed E-state index contributed by atoms with van der Waals surface area (Å²) in [5.41, 5.74) is 0.876. The van der Waals surface area contributed by atoms with Gasteiger partial charge in [-0.3, -0.25) is 24.1 Å². The fraction of sp³-hybridized carbons (Fsp3) is 0.600. The molecule has 0 unspecified atom stereocenters. The number of hydrogen-bond donors (Lipinski definition) is 0. The number of piperazine rings is 1. The Morgan fingerprint density at radius 3 is 1.88 bits per heavy atom. The first-order valence-corrected chi connectivity index (χ1v) is 12.1. The third kappa shape index (κ3) is 5.03. The van der Waals surface area contributed by atoms with Gasteiger partial charge in [-0.05, 0) is 30.9 Å². The van der Waals surface area contributed by atoms with Gasteiger partial charge in [-0.2, -0.15) is 0 Å². The van der Waals surface area contributed by atoms with Crippen LogP contribution in [-0.2, 0) is 9.59 Å². The summed E-state index contributed by atoms with van der Waals surface area (Å²) in [6.07, 6.45) is 8.81. The number of amides is 4. The number of benzene rings is 1. The van der Waals surface area contributed by atoms with Crippen LogP contribution >= 0.6 is 0 Å². The van der Waals surface area contributed by atoms with Crippen LogP contribution in [0, 0.1) is 5.92 Å². The van der Waals surface area contributed by atoms with Gasteiger partial charge < -0.3 is 9.80 Å². The number of rotatable bonds is 7. The quantitative estimate of drug-likeness (QED) is 0.612. The van der Waals surface area contributed by atoms with Crippen LogP contribution in [0.5, 0.6) is 0 Å². The molecule has 0 N–H and O–H groups in total. The van der Waals surface area contributed by atoms with Gasteiger partial charge in [0.05, 0.1) is 11.1 Å². The van der Waals surface area contributed by atoms with Crippen molar-refractivity contribution in [1.82, 2.24) is 14.7 Å². The lowest BCUT2D eigenvalue weighted by Gasteiger charge is -2.35. The van der Waals surface area contributed by atoms with E-state index in [0.717, 1.165) is 6.42 Å². The molecule has 1 saturated carbocycles. The minimum Gasteiger partial charge on any atom is -0.339 e. The van der Waals surface area contributed by atoms with E-state index in [9.17, 15) is 19.2 Å². The Kier molecular flexibility index (Phi) is 7.22. The van der Waals surface area contributed by atoms with Gasteiger partial charge in [0, 0.05) is 45.6 Å². The molecular weight excluding hydrogens is 406 g/mol. The van der Waals surface area contributed by atoms with Crippen molar-refractivity contribution in [2.24, 2.45) is 5.92 Å². The smallest absolute Gasteiger partial charge is 0.261 e. The maximum atomic E-state index is 12.6. The van der Waals surface area contributed by atoms with Gasteiger partial charge in [0.15, 0.2) is 0 Å². The molecule has 2 aliphatic heterocycles. The average Bonchev–Trinajstić information content (AvgIpc) is 3.08. The normalized spacial score (nSPS) is 19.4. The van der Waals surface area contributed by atoms with Crippen LogP contribution < -0.4 is 0 Å². The summed E-state index contributed by atoms with van der Waals surface area (Å²) in [5.74, 6) is 0.388. The predicted octanol–water partition coefficient (Wildman–Crippen LogP) is 3.09. The molecule has 32 heavy (non-hydrogen) atoms. The first-order valence-electron chi connectivity index (χ1n) is 12.1. The SMILES string of the molecule is O=C(CCCN1C(=O)c2ccccc2C1=O)N1CCN(C(=O)CCC2CCCCC2)CC1. The molecule has 0 atom stereocenters. The van der Waals surface area contributed by atoms with E-state index in [-0.39, 0.29) is 30.2 Å². The topological polar surface area (TPSA) is 78.0 Å². The van der Waals surface area contributed by atoms with Gasteiger partial charge in [-0.1, -0.05) is 44.2 Å². The highest BCUT2D eigenvalue weighted by atomic mass is 16.2. The second-order valence-electron chi connectivity index (χ2n) is 9.22. The molecule has 1 aliphatic carbocycles. The monoisotopic (exact) mass is 439 g/mol. The van der Waals surface area contributed by atoms with Gasteiger partial charge in [0.2, 0.25) is 11.8 Å². The molecule has 0 aromatic heterocycles. The van der Waals surface area contributed by atoms with Crippen LogP contribution in [0.25, 0.3) is 0 Å². The summed E-state index contributed by atoms with van der Waals surface area (Å²) in [7, 11) is 0. The molecule has 1 aromatic carbocycles. The fourth-order valence-corrected chi connectivity index (χ4v) is 5.16. The van der Waals surface area contributed by atoms with Crippen molar-refractivity contribution in [3.8, 4) is 0 Å². The molecule has 2 fully saturated rings. The van der Waals surface area contributed by atoms with Crippen molar-refractivity contribution in [3.63, 3.8) is 0 Å². The minimum absolute atomic E-state index is 0.0240. The minimum atomic E-state index is -0.279. The average molecular weight is 440 g/mol.